The number of amides is 1. The molecule has 2 aromatic heterocycles. The van der Waals surface area contributed by atoms with Gasteiger partial charge in [0.25, 0.3) is 11.5 Å². The fourth-order valence-electron chi connectivity index (χ4n) is 2.49. The van der Waals surface area contributed by atoms with Crippen LogP contribution in [-0.4, -0.2) is 20.0 Å². The first kappa shape index (κ1) is 15.0. The van der Waals surface area contributed by atoms with Crippen LogP contribution in [0.15, 0.2) is 41.5 Å². The summed E-state index contributed by atoms with van der Waals surface area (Å²) in [7, 11) is 1.65. The third kappa shape index (κ3) is 2.63. The normalized spacial score (nSPS) is 10.9. The lowest BCUT2D eigenvalue weighted by Crippen LogP contribution is -2.28. The molecule has 6 heteroatoms. The molecule has 0 saturated heterocycles. The molecule has 0 aliphatic carbocycles. The van der Waals surface area contributed by atoms with Crippen LogP contribution < -0.4 is 10.9 Å². The zero-order valence-electron chi connectivity index (χ0n) is 13.3. The summed E-state index contributed by atoms with van der Waals surface area (Å²) in [5.74, 6) is -0.417. The van der Waals surface area contributed by atoms with Gasteiger partial charge < -0.3 is 14.5 Å². The van der Waals surface area contributed by atoms with E-state index in [1.165, 1.54) is 4.57 Å². The largest absolute Gasteiger partial charge is 0.331 e. The monoisotopic (exact) mass is 310 g/mol. The van der Waals surface area contributed by atoms with Gasteiger partial charge in [-0.1, -0.05) is 0 Å². The van der Waals surface area contributed by atoms with Crippen LogP contribution in [0.2, 0.25) is 0 Å². The number of benzene rings is 1. The van der Waals surface area contributed by atoms with E-state index in [0.29, 0.717) is 5.69 Å². The zero-order chi connectivity index (χ0) is 16.6. The van der Waals surface area contributed by atoms with Crippen molar-refractivity contribution < 1.29 is 4.79 Å². The number of anilines is 1. The summed E-state index contributed by atoms with van der Waals surface area (Å²) in [6, 6.07) is 8.83. The molecule has 1 amide bonds. The first-order chi connectivity index (χ1) is 11.0. The minimum absolute atomic E-state index is 0.122. The van der Waals surface area contributed by atoms with Crippen LogP contribution in [0, 0.1) is 6.92 Å². The van der Waals surface area contributed by atoms with Crippen LogP contribution in [0.25, 0.3) is 11.0 Å². The second-order valence-corrected chi connectivity index (χ2v) is 5.44. The fraction of sp³-hybridized carbons (Fsp3) is 0.235. The van der Waals surface area contributed by atoms with Crippen LogP contribution >= 0.6 is 0 Å². The van der Waals surface area contributed by atoms with Gasteiger partial charge in [0.05, 0.1) is 17.4 Å². The number of rotatable bonds is 3. The van der Waals surface area contributed by atoms with Crippen molar-refractivity contribution in [1.82, 2.24) is 14.1 Å². The number of pyridine rings is 1. The summed E-state index contributed by atoms with van der Waals surface area (Å²) < 4.78 is 3.48. The highest BCUT2D eigenvalue weighted by atomic mass is 16.2. The van der Waals surface area contributed by atoms with E-state index in [9.17, 15) is 9.59 Å². The minimum atomic E-state index is -0.417. The molecule has 0 bridgehead atoms. The second kappa shape index (κ2) is 5.72. The number of aryl methyl sites for hydroxylation is 2. The number of fused-ring (bicyclic) bond motifs is 1. The molecular formula is C17H18N4O2. The number of hydrogen-bond donors (Lipinski definition) is 1. The van der Waals surface area contributed by atoms with E-state index in [2.05, 4.69) is 10.3 Å². The first-order valence-corrected chi connectivity index (χ1v) is 7.44. The van der Waals surface area contributed by atoms with Gasteiger partial charge in [-0.15, -0.1) is 0 Å². The molecule has 0 aliphatic rings. The van der Waals surface area contributed by atoms with Gasteiger partial charge in [0.2, 0.25) is 0 Å². The highest BCUT2D eigenvalue weighted by Crippen LogP contribution is 2.18. The van der Waals surface area contributed by atoms with Crippen LogP contribution in [-0.2, 0) is 13.6 Å². The first-order valence-electron chi connectivity index (χ1n) is 7.44. The molecule has 0 atom stereocenters. The average molecular weight is 310 g/mol. The SMILES string of the molecule is CCn1cnc2cc(NC(=O)c3ccc(C)n(C)c3=O)ccc21. The van der Waals surface area contributed by atoms with E-state index in [1.54, 1.807) is 31.6 Å². The molecule has 2 heterocycles. The number of hydrogen-bond acceptors (Lipinski definition) is 3. The Morgan fingerprint density at radius 2 is 2.04 bits per heavy atom. The van der Waals surface area contributed by atoms with E-state index in [4.69, 9.17) is 0 Å². The molecule has 0 unspecified atom stereocenters. The summed E-state index contributed by atoms with van der Waals surface area (Å²) in [4.78, 5) is 28.8. The molecule has 118 valence electrons. The number of aromatic nitrogens is 3. The lowest BCUT2D eigenvalue weighted by Gasteiger charge is -2.08. The molecule has 0 spiro atoms. The Labute approximate surface area is 133 Å². The minimum Gasteiger partial charge on any atom is -0.331 e. The Balaban J connectivity index is 1.91. The average Bonchev–Trinajstić information content (AvgIpc) is 2.95. The number of nitrogens with zero attached hydrogens (tertiary/aromatic N) is 3. The van der Waals surface area contributed by atoms with Crippen LogP contribution in [0.3, 0.4) is 0 Å². The molecule has 3 rings (SSSR count). The molecule has 1 N–H and O–H groups in total. The maximum absolute atomic E-state index is 12.3. The van der Waals surface area contributed by atoms with Crippen LogP contribution in [0.1, 0.15) is 23.0 Å². The summed E-state index contributed by atoms with van der Waals surface area (Å²) in [6.07, 6.45) is 1.77. The van der Waals surface area contributed by atoms with Crippen molar-refractivity contribution in [3.8, 4) is 0 Å². The van der Waals surface area contributed by atoms with Crippen LogP contribution in [0.4, 0.5) is 5.69 Å². The number of imidazole rings is 1. The standard InChI is InChI=1S/C17H18N4O2/c1-4-21-10-18-14-9-12(6-8-15(14)21)19-16(22)13-7-5-11(2)20(3)17(13)23/h5-10H,4H2,1-3H3,(H,19,22). The van der Waals surface area contributed by atoms with Gasteiger partial charge in [-0.25, -0.2) is 4.98 Å². The highest BCUT2D eigenvalue weighted by Gasteiger charge is 2.13. The molecule has 23 heavy (non-hydrogen) atoms. The predicted molar refractivity (Wildman–Crippen MR) is 89.8 cm³/mol. The molecule has 0 saturated carbocycles. The van der Waals surface area contributed by atoms with E-state index in [0.717, 1.165) is 23.3 Å². The third-order valence-electron chi connectivity index (χ3n) is 4.02. The van der Waals surface area contributed by atoms with Gasteiger partial charge >= 0.3 is 0 Å². The van der Waals surface area contributed by atoms with Crippen molar-refractivity contribution in [3.05, 3.63) is 58.3 Å². The van der Waals surface area contributed by atoms with Gasteiger partial charge in [0.1, 0.15) is 5.56 Å². The van der Waals surface area contributed by atoms with E-state index < -0.39 is 5.91 Å². The molecular weight excluding hydrogens is 292 g/mol. The van der Waals surface area contributed by atoms with Gasteiger partial charge in [-0.05, 0) is 44.2 Å². The maximum atomic E-state index is 12.3. The van der Waals surface area contributed by atoms with Crippen LogP contribution in [0.5, 0.6) is 0 Å². The van der Waals surface area contributed by atoms with Crippen molar-refractivity contribution in [2.45, 2.75) is 20.4 Å². The Hall–Kier alpha value is -2.89. The van der Waals surface area contributed by atoms with Crippen molar-refractivity contribution >= 4 is 22.6 Å². The fourth-order valence-corrected chi connectivity index (χ4v) is 2.49. The third-order valence-corrected chi connectivity index (χ3v) is 4.02. The summed E-state index contributed by atoms with van der Waals surface area (Å²) in [5.41, 5.74) is 3.05. The van der Waals surface area contributed by atoms with Crippen molar-refractivity contribution in [1.29, 1.82) is 0 Å². The van der Waals surface area contributed by atoms with E-state index in [1.807, 2.05) is 30.5 Å². The zero-order valence-corrected chi connectivity index (χ0v) is 13.3. The quantitative estimate of drug-likeness (QED) is 0.807. The van der Waals surface area contributed by atoms with Crippen molar-refractivity contribution in [2.75, 3.05) is 5.32 Å². The lowest BCUT2D eigenvalue weighted by molar-refractivity contribution is 0.102. The number of carbonyl (C=O) groups is 1. The molecule has 0 fully saturated rings. The Bertz CT molecular complexity index is 953. The van der Waals surface area contributed by atoms with Crippen molar-refractivity contribution in [3.63, 3.8) is 0 Å². The van der Waals surface area contributed by atoms with E-state index >= 15 is 0 Å². The Kier molecular flexibility index (Phi) is 3.73. The number of carbonyl (C=O) groups excluding carboxylic acids is 1. The summed E-state index contributed by atoms with van der Waals surface area (Å²) >= 11 is 0. The van der Waals surface area contributed by atoms with Gasteiger partial charge in [0, 0.05) is 25.0 Å². The molecule has 0 aliphatic heterocycles. The number of nitrogens with one attached hydrogen (secondary N) is 1. The van der Waals surface area contributed by atoms with Gasteiger partial charge in [0.15, 0.2) is 0 Å². The molecule has 6 nitrogen and oxygen atoms in total. The topological polar surface area (TPSA) is 68.9 Å². The second-order valence-electron chi connectivity index (χ2n) is 5.44. The Morgan fingerprint density at radius 1 is 1.26 bits per heavy atom. The van der Waals surface area contributed by atoms with Gasteiger partial charge in [-0.2, -0.15) is 0 Å². The molecule has 1 aromatic carbocycles. The summed E-state index contributed by atoms with van der Waals surface area (Å²) in [6.45, 7) is 4.70. The van der Waals surface area contributed by atoms with E-state index in [-0.39, 0.29) is 11.1 Å². The smallest absolute Gasteiger partial charge is 0.263 e. The van der Waals surface area contributed by atoms with Crippen molar-refractivity contribution in [2.24, 2.45) is 7.05 Å². The summed E-state index contributed by atoms with van der Waals surface area (Å²) in [5, 5.41) is 2.76. The maximum Gasteiger partial charge on any atom is 0.263 e. The lowest BCUT2D eigenvalue weighted by atomic mass is 10.2. The molecule has 0 radical (unpaired) electrons. The predicted octanol–water partition coefficient (Wildman–Crippen LogP) is 2.32. The van der Waals surface area contributed by atoms with Gasteiger partial charge in [-0.3, -0.25) is 9.59 Å². The Morgan fingerprint density at radius 3 is 2.78 bits per heavy atom. The highest BCUT2D eigenvalue weighted by molar-refractivity contribution is 6.04. The molecule has 3 aromatic rings.